The number of carboxylic acid groups (broad SMARTS) is 1. The fraction of sp³-hybridized carbons (Fsp3) is 0.538. The second-order valence-electron chi connectivity index (χ2n) is 4.68. The average molecular weight is 266 g/mol. The van der Waals surface area contributed by atoms with E-state index in [-0.39, 0.29) is 17.7 Å². The first-order chi connectivity index (χ1) is 9.02. The standard InChI is InChI=1S/C13H18N2O4/c1-3-10-12(16)14-4-5-15(10)7-9-6-11(13(17)18)19-8(9)2/h6,10H,3-5,7H2,1-2H3,(H,14,16)(H,17,18). The van der Waals surface area contributed by atoms with Crippen molar-refractivity contribution in [1.29, 1.82) is 0 Å². The lowest BCUT2D eigenvalue weighted by Gasteiger charge is -2.34. The van der Waals surface area contributed by atoms with Gasteiger partial charge >= 0.3 is 5.97 Å². The number of nitrogens with zero attached hydrogens (tertiary/aromatic N) is 1. The molecule has 0 saturated carbocycles. The normalized spacial score (nSPS) is 20.3. The van der Waals surface area contributed by atoms with Crippen molar-refractivity contribution < 1.29 is 19.1 Å². The lowest BCUT2D eigenvalue weighted by atomic mass is 10.1. The highest BCUT2D eigenvalue weighted by Gasteiger charge is 2.29. The van der Waals surface area contributed by atoms with Gasteiger partial charge in [-0.25, -0.2) is 4.79 Å². The molecule has 1 saturated heterocycles. The molecule has 6 heteroatoms. The van der Waals surface area contributed by atoms with Crippen LogP contribution in [0.25, 0.3) is 0 Å². The lowest BCUT2D eigenvalue weighted by Crippen LogP contribution is -2.54. The molecule has 19 heavy (non-hydrogen) atoms. The van der Waals surface area contributed by atoms with Crippen LogP contribution in [0.3, 0.4) is 0 Å². The van der Waals surface area contributed by atoms with Crippen LogP contribution in [-0.2, 0) is 11.3 Å². The molecule has 1 atom stereocenters. The minimum atomic E-state index is -1.07. The van der Waals surface area contributed by atoms with E-state index in [0.29, 0.717) is 18.8 Å². The number of carboxylic acids is 1. The van der Waals surface area contributed by atoms with Crippen LogP contribution >= 0.6 is 0 Å². The zero-order valence-corrected chi connectivity index (χ0v) is 11.1. The summed E-state index contributed by atoms with van der Waals surface area (Å²) in [6.07, 6.45) is 0.731. The Hall–Kier alpha value is -1.82. The summed E-state index contributed by atoms with van der Waals surface area (Å²) >= 11 is 0. The molecule has 104 valence electrons. The number of aromatic carboxylic acids is 1. The SMILES string of the molecule is CCC1C(=O)NCCN1Cc1cc(C(=O)O)oc1C. The number of aryl methyl sites for hydroxylation is 1. The maximum atomic E-state index is 11.8. The van der Waals surface area contributed by atoms with E-state index >= 15 is 0 Å². The highest BCUT2D eigenvalue weighted by atomic mass is 16.4. The molecule has 0 radical (unpaired) electrons. The molecule has 1 amide bonds. The maximum absolute atomic E-state index is 11.8. The second kappa shape index (κ2) is 5.44. The molecule has 2 N–H and O–H groups in total. The molecule has 1 unspecified atom stereocenters. The number of rotatable bonds is 4. The van der Waals surface area contributed by atoms with Crippen LogP contribution in [-0.4, -0.2) is 41.0 Å². The predicted octanol–water partition coefficient (Wildman–Crippen LogP) is 0.997. The van der Waals surface area contributed by atoms with Crippen LogP contribution in [0.5, 0.6) is 0 Å². The number of hydrogen-bond acceptors (Lipinski definition) is 4. The molecule has 0 aliphatic carbocycles. The number of nitrogens with one attached hydrogen (secondary N) is 1. The zero-order chi connectivity index (χ0) is 14.0. The lowest BCUT2D eigenvalue weighted by molar-refractivity contribution is -0.129. The van der Waals surface area contributed by atoms with Crippen molar-refractivity contribution in [1.82, 2.24) is 10.2 Å². The number of hydrogen-bond donors (Lipinski definition) is 2. The topological polar surface area (TPSA) is 82.8 Å². The van der Waals surface area contributed by atoms with Crippen molar-refractivity contribution in [2.24, 2.45) is 0 Å². The van der Waals surface area contributed by atoms with Gasteiger partial charge in [0.25, 0.3) is 0 Å². The molecule has 0 aromatic carbocycles. The van der Waals surface area contributed by atoms with Gasteiger partial charge in [0, 0.05) is 25.2 Å². The van der Waals surface area contributed by atoms with Crippen molar-refractivity contribution in [3.63, 3.8) is 0 Å². The van der Waals surface area contributed by atoms with Crippen molar-refractivity contribution in [3.8, 4) is 0 Å². The second-order valence-corrected chi connectivity index (χ2v) is 4.68. The summed E-state index contributed by atoms with van der Waals surface area (Å²) < 4.78 is 5.19. The summed E-state index contributed by atoms with van der Waals surface area (Å²) in [6, 6.07) is 1.38. The minimum Gasteiger partial charge on any atom is -0.475 e. The quantitative estimate of drug-likeness (QED) is 0.849. The van der Waals surface area contributed by atoms with Gasteiger partial charge in [0.1, 0.15) is 5.76 Å². The first kappa shape index (κ1) is 13.6. The first-order valence-electron chi connectivity index (χ1n) is 6.37. The summed E-state index contributed by atoms with van der Waals surface area (Å²) in [7, 11) is 0. The maximum Gasteiger partial charge on any atom is 0.371 e. The van der Waals surface area contributed by atoms with E-state index in [0.717, 1.165) is 18.5 Å². The number of piperazine rings is 1. The monoisotopic (exact) mass is 266 g/mol. The van der Waals surface area contributed by atoms with Crippen LogP contribution in [0.2, 0.25) is 0 Å². The van der Waals surface area contributed by atoms with Gasteiger partial charge in [-0.05, 0) is 19.4 Å². The Morgan fingerprint density at radius 2 is 2.37 bits per heavy atom. The van der Waals surface area contributed by atoms with E-state index in [2.05, 4.69) is 10.2 Å². The van der Waals surface area contributed by atoms with Crippen LogP contribution < -0.4 is 5.32 Å². The van der Waals surface area contributed by atoms with Crippen molar-refractivity contribution in [2.75, 3.05) is 13.1 Å². The van der Waals surface area contributed by atoms with Gasteiger partial charge in [0.05, 0.1) is 6.04 Å². The largest absolute Gasteiger partial charge is 0.475 e. The molecule has 0 bridgehead atoms. The molecule has 0 spiro atoms. The summed E-state index contributed by atoms with van der Waals surface area (Å²) in [4.78, 5) is 24.7. The van der Waals surface area contributed by atoms with E-state index < -0.39 is 5.97 Å². The number of carbonyl (C=O) groups is 2. The van der Waals surface area contributed by atoms with Gasteiger partial charge < -0.3 is 14.8 Å². The van der Waals surface area contributed by atoms with Crippen molar-refractivity contribution in [2.45, 2.75) is 32.9 Å². The Balaban J connectivity index is 2.15. The average Bonchev–Trinajstić information content (AvgIpc) is 2.72. The Morgan fingerprint density at radius 1 is 1.63 bits per heavy atom. The summed E-state index contributed by atoms with van der Waals surface area (Å²) in [5.41, 5.74) is 0.825. The van der Waals surface area contributed by atoms with E-state index in [9.17, 15) is 9.59 Å². The Labute approximate surface area is 111 Å². The summed E-state index contributed by atoms with van der Waals surface area (Å²) in [5.74, 6) is -0.494. The number of amides is 1. The third-order valence-electron chi connectivity index (χ3n) is 3.43. The summed E-state index contributed by atoms with van der Waals surface area (Å²) in [6.45, 7) is 5.63. The number of carbonyl (C=O) groups excluding carboxylic acids is 1. The van der Waals surface area contributed by atoms with Crippen LogP contribution in [0.4, 0.5) is 0 Å². The van der Waals surface area contributed by atoms with Crippen LogP contribution in [0.15, 0.2) is 10.5 Å². The Bertz CT molecular complexity index is 495. The van der Waals surface area contributed by atoms with Crippen LogP contribution in [0.1, 0.15) is 35.2 Å². The van der Waals surface area contributed by atoms with Gasteiger partial charge in [-0.3, -0.25) is 9.69 Å². The highest BCUT2D eigenvalue weighted by molar-refractivity contribution is 5.84. The van der Waals surface area contributed by atoms with Gasteiger partial charge in [-0.1, -0.05) is 6.92 Å². The van der Waals surface area contributed by atoms with E-state index in [1.165, 1.54) is 6.07 Å². The van der Waals surface area contributed by atoms with E-state index in [1.54, 1.807) is 6.92 Å². The molecule has 6 nitrogen and oxygen atoms in total. The molecular formula is C13H18N2O4. The van der Waals surface area contributed by atoms with E-state index in [1.807, 2.05) is 6.92 Å². The molecule has 1 fully saturated rings. The smallest absolute Gasteiger partial charge is 0.371 e. The minimum absolute atomic E-state index is 0.0355. The van der Waals surface area contributed by atoms with Crippen LogP contribution in [0, 0.1) is 6.92 Å². The third kappa shape index (κ3) is 2.78. The first-order valence-corrected chi connectivity index (χ1v) is 6.37. The molecule has 2 rings (SSSR count). The molecular weight excluding hydrogens is 248 g/mol. The van der Waals surface area contributed by atoms with E-state index in [4.69, 9.17) is 9.52 Å². The fourth-order valence-corrected chi connectivity index (χ4v) is 2.40. The summed E-state index contributed by atoms with van der Waals surface area (Å²) in [5, 5.41) is 11.7. The van der Waals surface area contributed by atoms with Gasteiger partial charge in [0.15, 0.2) is 0 Å². The molecule has 1 aliphatic rings. The molecule has 1 aliphatic heterocycles. The molecule has 1 aromatic heterocycles. The van der Waals surface area contributed by atoms with Crippen molar-refractivity contribution >= 4 is 11.9 Å². The number of furan rings is 1. The van der Waals surface area contributed by atoms with Gasteiger partial charge in [-0.2, -0.15) is 0 Å². The fourth-order valence-electron chi connectivity index (χ4n) is 2.40. The Kier molecular flexibility index (Phi) is 3.90. The molecule has 2 heterocycles. The van der Waals surface area contributed by atoms with Crippen molar-refractivity contribution in [3.05, 3.63) is 23.2 Å². The highest BCUT2D eigenvalue weighted by Crippen LogP contribution is 2.19. The van der Waals surface area contributed by atoms with Gasteiger partial charge in [-0.15, -0.1) is 0 Å². The Morgan fingerprint density at radius 3 is 2.95 bits per heavy atom. The zero-order valence-electron chi connectivity index (χ0n) is 11.1. The van der Waals surface area contributed by atoms with Gasteiger partial charge in [0.2, 0.25) is 11.7 Å². The third-order valence-corrected chi connectivity index (χ3v) is 3.43. The predicted molar refractivity (Wildman–Crippen MR) is 67.9 cm³/mol. The molecule has 1 aromatic rings.